The topological polar surface area (TPSA) is 0 Å². The third-order valence-corrected chi connectivity index (χ3v) is 2.23. The van der Waals surface area contributed by atoms with Gasteiger partial charge in [0, 0.05) is 3.57 Å². The van der Waals surface area contributed by atoms with Gasteiger partial charge in [0.15, 0.2) is 0 Å². The van der Waals surface area contributed by atoms with Crippen LogP contribution in [0.25, 0.3) is 0 Å². The quantitative estimate of drug-likeness (QED) is 0.636. The molecule has 0 atom stereocenters. The average molecular weight is 306 g/mol. The van der Waals surface area contributed by atoms with Crippen molar-refractivity contribution in [1.82, 2.24) is 0 Å². The van der Waals surface area contributed by atoms with Crippen molar-refractivity contribution in [1.29, 1.82) is 0 Å². The second-order valence-corrected chi connectivity index (χ2v) is 3.77. The van der Waals surface area contributed by atoms with Gasteiger partial charge in [-0.05, 0) is 40.8 Å². The van der Waals surface area contributed by atoms with Crippen LogP contribution < -0.4 is 0 Å². The lowest BCUT2D eigenvalue weighted by Gasteiger charge is -2.08. The van der Waals surface area contributed by atoms with Gasteiger partial charge in [-0.1, -0.05) is 11.6 Å². The molecule has 0 saturated carbocycles. The van der Waals surface area contributed by atoms with Crippen molar-refractivity contribution in [3.8, 4) is 0 Å². The molecule has 1 aromatic rings. The Morgan fingerprint density at radius 1 is 1.25 bits per heavy atom. The summed E-state index contributed by atoms with van der Waals surface area (Å²) in [5, 5.41) is -0.261. The molecule has 0 amide bonds. The van der Waals surface area contributed by atoms with E-state index in [1.54, 1.807) is 22.6 Å². The third-order valence-electron chi connectivity index (χ3n) is 1.23. The van der Waals surface area contributed by atoms with Crippen molar-refractivity contribution < 1.29 is 13.2 Å². The third kappa shape index (κ3) is 2.26. The van der Waals surface area contributed by atoms with E-state index in [9.17, 15) is 13.2 Å². The van der Waals surface area contributed by atoms with E-state index in [1.165, 1.54) is 12.1 Å². The Bertz CT molecular complexity index is 295. The van der Waals surface area contributed by atoms with Crippen LogP contribution in [-0.4, -0.2) is 0 Å². The van der Waals surface area contributed by atoms with Gasteiger partial charge in [-0.3, -0.25) is 0 Å². The van der Waals surface area contributed by atoms with Crippen molar-refractivity contribution in [2.45, 2.75) is 6.18 Å². The highest BCUT2D eigenvalue weighted by Gasteiger charge is 2.33. The predicted molar refractivity (Wildman–Crippen MR) is 49.2 cm³/mol. The number of rotatable bonds is 0. The smallest absolute Gasteiger partial charge is 0.166 e. The highest BCUT2D eigenvalue weighted by Crippen LogP contribution is 2.35. The summed E-state index contributed by atoms with van der Waals surface area (Å²) in [6, 6.07) is 3.78. The van der Waals surface area contributed by atoms with E-state index in [0.717, 1.165) is 6.07 Å². The van der Waals surface area contributed by atoms with Gasteiger partial charge in [0.1, 0.15) is 0 Å². The molecular formula is C7H3ClF3I. The minimum atomic E-state index is -4.36. The normalized spacial score (nSPS) is 11.8. The molecule has 0 aromatic heterocycles. The molecule has 0 bridgehead atoms. The van der Waals surface area contributed by atoms with E-state index in [1.807, 2.05) is 0 Å². The maximum absolute atomic E-state index is 12.1. The molecule has 5 heteroatoms. The van der Waals surface area contributed by atoms with Crippen LogP contribution in [0, 0.1) is 3.57 Å². The summed E-state index contributed by atoms with van der Waals surface area (Å²) in [6.07, 6.45) is -4.36. The summed E-state index contributed by atoms with van der Waals surface area (Å²) >= 11 is 7.16. The second kappa shape index (κ2) is 3.41. The van der Waals surface area contributed by atoms with Crippen LogP contribution in [0.3, 0.4) is 0 Å². The molecule has 0 radical (unpaired) electrons. The minimum Gasteiger partial charge on any atom is -0.166 e. The minimum absolute atomic E-state index is 0.261. The molecule has 0 aliphatic rings. The molecular weight excluding hydrogens is 303 g/mol. The summed E-state index contributed by atoms with van der Waals surface area (Å²) in [5.74, 6) is 0. The molecule has 0 nitrogen and oxygen atoms in total. The van der Waals surface area contributed by atoms with Crippen molar-refractivity contribution >= 4 is 34.2 Å². The molecule has 0 spiro atoms. The van der Waals surface area contributed by atoms with Crippen LogP contribution in [0.2, 0.25) is 5.02 Å². The highest BCUT2D eigenvalue weighted by atomic mass is 127. The van der Waals surface area contributed by atoms with Crippen molar-refractivity contribution in [2.75, 3.05) is 0 Å². The Balaban J connectivity index is 3.23. The van der Waals surface area contributed by atoms with Crippen LogP contribution in [0.5, 0.6) is 0 Å². The molecule has 0 aliphatic heterocycles. The average Bonchev–Trinajstić information content (AvgIpc) is 1.92. The van der Waals surface area contributed by atoms with Crippen LogP contribution in [0.4, 0.5) is 13.2 Å². The molecule has 0 N–H and O–H groups in total. The van der Waals surface area contributed by atoms with Gasteiger partial charge in [-0.15, -0.1) is 0 Å². The Morgan fingerprint density at radius 2 is 1.83 bits per heavy atom. The lowest BCUT2D eigenvalue weighted by atomic mass is 10.2. The van der Waals surface area contributed by atoms with Crippen LogP contribution in [-0.2, 0) is 6.18 Å². The first kappa shape index (κ1) is 10.1. The van der Waals surface area contributed by atoms with E-state index in [-0.39, 0.29) is 5.02 Å². The van der Waals surface area contributed by atoms with Gasteiger partial charge in [0.2, 0.25) is 0 Å². The molecule has 0 saturated heterocycles. The highest BCUT2D eigenvalue weighted by molar-refractivity contribution is 14.1. The zero-order valence-electron chi connectivity index (χ0n) is 5.62. The molecule has 0 fully saturated rings. The fourth-order valence-corrected chi connectivity index (χ4v) is 1.43. The molecule has 0 unspecified atom stereocenters. The maximum atomic E-state index is 12.1. The molecule has 66 valence electrons. The standard InChI is InChI=1S/C7H3ClF3I/c8-6-2-1-4(12)3-5(6)7(9,10)11/h1-3H. The fraction of sp³-hybridized carbons (Fsp3) is 0.143. The van der Waals surface area contributed by atoms with Crippen molar-refractivity contribution in [2.24, 2.45) is 0 Å². The van der Waals surface area contributed by atoms with Gasteiger partial charge in [0.05, 0.1) is 10.6 Å². The number of benzene rings is 1. The molecule has 0 heterocycles. The van der Waals surface area contributed by atoms with Gasteiger partial charge in [-0.25, -0.2) is 0 Å². The van der Waals surface area contributed by atoms with Crippen LogP contribution in [0.1, 0.15) is 5.56 Å². The van der Waals surface area contributed by atoms with Crippen LogP contribution >= 0.6 is 34.2 Å². The van der Waals surface area contributed by atoms with Crippen molar-refractivity contribution in [3.63, 3.8) is 0 Å². The van der Waals surface area contributed by atoms with E-state index < -0.39 is 11.7 Å². The maximum Gasteiger partial charge on any atom is 0.417 e. The predicted octanol–water partition coefficient (Wildman–Crippen LogP) is 3.96. The largest absolute Gasteiger partial charge is 0.417 e. The van der Waals surface area contributed by atoms with Gasteiger partial charge >= 0.3 is 6.18 Å². The van der Waals surface area contributed by atoms with Gasteiger partial charge < -0.3 is 0 Å². The summed E-state index contributed by atoms with van der Waals surface area (Å²) in [6.45, 7) is 0. The molecule has 12 heavy (non-hydrogen) atoms. The van der Waals surface area contributed by atoms with E-state index in [2.05, 4.69) is 0 Å². The Labute approximate surface area is 85.9 Å². The Hall–Kier alpha value is 0.0300. The van der Waals surface area contributed by atoms with Gasteiger partial charge in [-0.2, -0.15) is 13.2 Å². The number of alkyl halides is 3. The molecule has 1 rings (SSSR count). The first-order valence-electron chi connectivity index (χ1n) is 2.93. The van der Waals surface area contributed by atoms with Crippen LogP contribution in [0.15, 0.2) is 18.2 Å². The summed E-state index contributed by atoms with van der Waals surface area (Å²) in [5.41, 5.74) is -0.781. The summed E-state index contributed by atoms with van der Waals surface area (Å²) in [7, 11) is 0. The number of hydrogen-bond donors (Lipinski definition) is 0. The van der Waals surface area contributed by atoms with E-state index >= 15 is 0 Å². The first-order valence-corrected chi connectivity index (χ1v) is 4.39. The Kier molecular flexibility index (Phi) is 2.88. The van der Waals surface area contributed by atoms with E-state index in [0.29, 0.717) is 3.57 Å². The zero-order chi connectivity index (χ0) is 9.35. The first-order chi connectivity index (χ1) is 5.41. The SMILES string of the molecule is FC(F)(F)c1cc(I)ccc1Cl. The monoisotopic (exact) mass is 306 g/mol. The number of halogens is 5. The summed E-state index contributed by atoms with van der Waals surface area (Å²) in [4.78, 5) is 0. The molecule has 1 aromatic carbocycles. The molecule has 0 aliphatic carbocycles. The number of hydrogen-bond acceptors (Lipinski definition) is 0. The zero-order valence-corrected chi connectivity index (χ0v) is 8.54. The van der Waals surface area contributed by atoms with Crippen molar-refractivity contribution in [3.05, 3.63) is 32.4 Å². The van der Waals surface area contributed by atoms with E-state index in [4.69, 9.17) is 11.6 Å². The lowest BCUT2D eigenvalue weighted by Crippen LogP contribution is -2.05. The fourth-order valence-electron chi connectivity index (χ4n) is 0.715. The lowest BCUT2D eigenvalue weighted by molar-refractivity contribution is -0.137. The summed E-state index contributed by atoms with van der Waals surface area (Å²) < 4.78 is 36.9. The Morgan fingerprint density at radius 3 is 2.25 bits per heavy atom. The van der Waals surface area contributed by atoms with Gasteiger partial charge in [0.25, 0.3) is 0 Å². The second-order valence-electron chi connectivity index (χ2n) is 2.12.